The molecular weight excluding hydrogens is 122 g/mol. The monoisotopic (exact) mass is 147 g/mol. The van der Waals surface area contributed by atoms with Crippen LogP contribution in [0, 0.1) is 5.92 Å². The zero-order valence-electron chi connectivity index (χ0n) is 8.20. The summed E-state index contributed by atoms with van der Waals surface area (Å²) in [6.07, 6.45) is 1.24. The van der Waals surface area contributed by atoms with Crippen LogP contribution < -0.4 is 5.32 Å². The second-order valence-electron chi connectivity index (χ2n) is 2.60. The second kappa shape index (κ2) is 11.7. The molecule has 0 spiro atoms. The van der Waals surface area contributed by atoms with Crippen molar-refractivity contribution < 1.29 is 1.43 Å². The van der Waals surface area contributed by atoms with Crippen LogP contribution in [0.4, 0.5) is 0 Å². The minimum Gasteiger partial charge on any atom is -0.316 e. The molecule has 0 aliphatic heterocycles. The van der Waals surface area contributed by atoms with E-state index < -0.39 is 0 Å². The highest BCUT2D eigenvalue weighted by Crippen LogP contribution is 1.86. The first-order chi connectivity index (χ1) is 4.77. The summed E-state index contributed by atoms with van der Waals surface area (Å²) in [7, 11) is 0. The Hall–Kier alpha value is -0.0400. The van der Waals surface area contributed by atoms with E-state index >= 15 is 0 Å². The molecule has 1 heteroatoms. The van der Waals surface area contributed by atoms with E-state index in [9.17, 15) is 0 Å². The van der Waals surface area contributed by atoms with E-state index in [1.807, 2.05) is 13.8 Å². The molecule has 0 aromatic heterocycles. The quantitative estimate of drug-likeness (QED) is 0.603. The topological polar surface area (TPSA) is 12.0 Å². The molecule has 1 N–H and O–H groups in total. The van der Waals surface area contributed by atoms with E-state index in [4.69, 9.17) is 0 Å². The van der Waals surface area contributed by atoms with Crippen molar-refractivity contribution in [1.29, 1.82) is 0 Å². The Morgan fingerprint density at radius 2 is 1.80 bits per heavy atom. The fourth-order valence-electron chi connectivity index (χ4n) is 0.568. The third-order valence-corrected chi connectivity index (χ3v) is 0.979. The fraction of sp³-hybridized carbons (Fsp3) is 1.00. The summed E-state index contributed by atoms with van der Waals surface area (Å²) in [5.41, 5.74) is 0. The van der Waals surface area contributed by atoms with Gasteiger partial charge in [0, 0.05) is 1.43 Å². The molecule has 66 valence electrons. The highest BCUT2D eigenvalue weighted by atomic mass is 14.8. The molecule has 0 heterocycles. The van der Waals surface area contributed by atoms with Gasteiger partial charge in [0.2, 0.25) is 0 Å². The number of hydrogen-bond acceptors (Lipinski definition) is 1. The van der Waals surface area contributed by atoms with Gasteiger partial charge in [-0.25, -0.2) is 0 Å². The predicted octanol–water partition coefficient (Wildman–Crippen LogP) is 2.91. The molecule has 0 fully saturated rings. The van der Waals surface area contributed by atoms with Crippen molar-refractivity contribution in [2.24, 2.45) is 5.92 Å². The average molecular weight is 147 g/mol. The number of rotatable bonds is 4. The summed E-state index contributed by atoms with van der Waals surface area (Å²) in [6.45, 7) is 13.0. The Bertz CT molecular complexity index is 46.8. The minimum absolute atomic E-state index is 0. The van der Waals surface area contributed by atoms with Crippen molar-refractivity contribution in [2.75, 3.05) is 13.1 Å². The molecule has 0 aromatic rings. The van der Waals surface area contributed by atoms with E-state index in [1.54, 1.807) is 0 Å². The molecule has 0 aliphatic rings. The van der Waals surface area contributed by atoms with Crippen molar-refractivity contribution in [3.63, 3.8) is 0 Å². The summed E-state index contributed by atoms with van der Waals surface area (Å²) in [5, 5.41) is 3.33. The largest absolute Gasteiger partial charge is 0.316 e. The van der Waals surface area contributed by atoms with E-state index in [0.717, 1.165) is 19.0 Å². The molecule has 0 rings (SSSR count). The van der Waals surface area contributed by atoms with E-state index in [1.165, 1.54) is 6.42 Å². The third kappa shape index (κ3) is 15.7. The van der Waals surface area contributed by atoms with Crippen molar-refractivity contribution in [1.82, 2.24) is 5.32 Å². The average Bonchev–Trinajstić information content (AvgIpc) is 1.92. The summed E-state index contributed by atoms with van der Waals surface area (Å²) >= 11 is 0. The lowest BCUT2D eigenvalue weighted by molar-refractivity contribution is 0.550. The zero-order valence-corrected chi connectivity index (χ0v) is 8.20. The Morgan fingerprint density at radius 1 is 1.30 bits per heavy atom. The molecule has 0 unspecified atom stereocenters. The summed E-state index contributed by atoms with van der Waals surface area (Å²) < 4.78 is 0. The van der Waals surface area contributed by atoms with Crippen molar-refractivity contribution in [3.8, 4) is 0 Å². The molecule has 0 amide bonds. The van der Waals surface area contributed by atoms with Gasteiger partial charge in [-0.1, -0.05) is 34.6 Å². The van der Waals surface area contributed by atoms with Gasteiger partial charge in [-0.05, 0) is 25.4 Å². The van der Waals surface area contributed by atoms with Gasteiger partial charge in [0.05, 0.1) is 0 Å². The van der Waals surface area contributed by atoms with Crippen molar-refractivity contribution in [3.05, 3.63) is 0 Å². The molecule has 0 aromatic carbocycles. The van der Waals surface area contributed by atoms with Gasteiger partial charge in [0.15, 0.2) is 0 Å². The highest BCUT2D eigenvalue weighted by molar-refractivity contribution is 4.48. The van der Waals surface area contributed by atoms with Crippen LogP contribution in [0.1, 0.15) is 42.5 Å². The van der Waals surface area contributed by atoms with Crippen LogP contribution >= 0.6 is 0 Å². The Balaban J connectivity index is -0.000000196. The predicted molar refractivity (Wildman–Crippen MR) is 51.5 cm³/mol. The van der Waals surface area contributed by atoms with Gasteiger partial charge in [0.25, 0.3) is 0 Å². The smallest absolute Gasteiger partial charge is 0 e. The van der Waals surface area contributed by atoms with E-state index in [0.29, 0.717) is 0 Å². The zero-order chi connectivity index (χ0) is 8.41. The standard InChI is InChI=1S/C7H17N.C2H6.H2/c1-4-5-8-6-7(2)3;1-2;/h7-8H,4-6H2,1-3H3;1-2H3;1H. The number of hydrogen-bond donors (Lipinski definition) is 1. The maximum absolute atomic E-state index is 3.33. The van der Waals surface area contributed by atoms with Crippen molar-refractivity contribution in [2.45, 2.75) is 41.0 Å². The first kappa shape index (κ1) is 12.6. The van der Waals surface area contributed by atoms with Gasteiger partial charge in [-0.2, -0.15) is 0 Å². The fourth-order valence-corrected chi connectivity index (χ4v) is 0.568. The lowest BCUT2D eigenvalue weighted by Crippen LogP contribution is -2.19. The summed E-state index contributed by atoms with van der Waals surface area (Å²) in [6, 6.07) is 0. The Kier molecular flexibility index (Phi) is 14.8. The number of nitrogens with one attached hydrogen (secondary N) is 1. The van der Waals surface area contributed by atoms with Gasteiger partial charge in [-0.15, -0.1) is 0 Å². The van der Waals surface area contributed by atoms with Gasteiger partial charge < -0.3 is 5.32 Å². The van der Waals surface area contributed by atoms with Crippen LogP contribution in [0.3, 0.4) is 0 Å². The first-order valence-electron chi connectivity index (χ1n) is 4.48. The Labute approximate surface area is 67.7 Å². The van der Waals surface area contributed by atoms with Crippen LogP contribution in [0.2, 0.25) is 0 Å². The molecule has 0 aliphatic carbocycles. The summed E-state index contributed by atoms with van der Waals surface area (Å²) in [4.78, 5) is 0. The van der Waals surface area contributed by atoms with Gasteiger partial charge in [-0.3, -0.25) is 0 Å². The molecule has 0 atom stereocenters. The van der Waals surface area contributed by atoms with Crippen LogP contribution in [0.25, 0.3) is 0 Å². The van der Waals surface area contributed by atoms with Gasteiger partial charge >= 0.3 is 0 Å². The molecule has 0 saturated heterocycles. The van der Waals surface area contributed by atoms with E-state index in [-0.39, 0.29) is 1.43 Å². The second-order valence-corrected chi connectivity index (χ2v) is 2.60. The minimum atomic E-state index is 0. The van der Waals surface area contributed by atoms with Crippen molar-refractivity contribution >= 4 is 0 Å². The SMILES string of the molecule is CC.CCCNCC(C)C.[HH]. The maximum atomic E-state index is 3.33. The van der Waals surface area contributed by atoms with Crippen LogP contribution in [0.15, 0.2) is 0 Å². The Morgan fingerprint density at radius 3 is 2.10 bits per heavy atom. The van der Waals surface area contributed by atoms with Crippen LogP contribution in [0.5, 0.6) is 0 Å². The highest BCUT2D eigenvalue weighted by Gasteiger charge is 1.88. The first-order valence-corrected chi connectivity index (χ1v) is 4.48. The molecule has 0 radical (unpaired) electrons. The van der Waals surface area contributed by atoms with Crippen LogP contribution in [-0.2, 0) is 0 Å². The molecule has 1 nitrogen and oxygen atoms in total. The summed E-state index contributed by atoms with van der Waals surface area (Å²) in [5.74, 6) is 0.793. The molecule has 0 bridgehead atoms. The van der Waals surface area contributed by atoms with Crippen LogP contribution in [-0.4, -0.2) is 13.1 Å². The maximum Gasteiger partial charge on any atom is 0 e. The normalized spacial score (nSPS) is 9.00. The van der Waals surface area contributed by atoms with E-state index in [2.05, 4.69) is 26.1 Å². The molecule has 0 saturated carbocycles. The lowest BCUT2D eigenvalue weighted by Gasteiger charge is -2.03. The molecular formula is C9H25N. The van der Waals surface area contributed by atoms with Gasteiger partial charge in [0.1, 0.15) is 0 Å². The third-order valence-electron chi connectivity index (χ3n) is 0.979. The molecule has 10 heavy (non-hydrogen) atoms. The lowest BCUT2D eigenvalue weighted by atomic mass is 10.2.